The fraction of sp³-hybridized carbons (Fsp3) is 0.250. The molecule has 8 heteroatoms. The minimum absolute atomic E-state index is 0.464. The molecule has 2 heterocycles. The molecule has 2 atom stereocenters. The van der Waals surface area contributed by atoms with Crippen LogP contribution < -0.4 is 9.05 Å². The highest BCUT2D eigenvalue weighted by Crippen LogP contribution is 2.53. The summed E-state index contributed by atoms with van der Waals surface area (Å²) in [4.78, 5) is 0. The Kier molecular flexibility index (Phi) is 4.64. The van der Waals surface area contributed by atoms with Crippen LogP contribution in [-0.4, -0.2) is 0 Å². The van der Waals surface area contributed by atoms with Crippen LogP contribution in [0.5, 0.6) is 11.5 Å². The molecule has 0 aromatic heterocycles. The standard InChI is InChI=1S/C16H14Cl2O4P2/c1-9-3-11(5-13-7-19-23(17)21-15(9)13)12-4-10(2)16-14(6-12)8-20-24(18)22-16/h3-6H,7-8H2,1-2H3. The minimum atomic E-state index is -1.35. The molecule has 2 aromatic rings. The highest BCUT2D eigenvalue weighted by Gasteiger charge is 2.24. The maximum absolute atomic E-state index is 5.97. The molecule has 2 aliphatic rings. The van der Waals surface area contributed by atoms with E-state index in [-0.39, 0.29) is 0 Å². The van der Waals surface area contributed by atoms with Gasteiger partial charge < -0.3 is 18.1 Å². The van der Waals surface area contributed by atoms with E-state index in [2.05, 4.69) is 24.3 Å². The van der Waals surface area contributed by atoms with E-state index in [0.29, 0.717) is 13.2 Å². The van der Waals surface area contributed by atoms with E-state index in [1.807, 2.05) is 13.8 Å². The average molecular weight is 403 g/mol. The molecular formula is C16H14Cl2O4P2. The van der Waals surface area contributed by atoms with Gasteiger partial charge in [-0.2, -0.15) is 0 Å². The molecule has 4 rings (SSSR count). The Bertz CT molecular complexity index is 748. The summed E-state index contributed by atoms with van der Waals surface area (Å²) < 4.78 is 22.1. The van der Waals surface area contributed by atoms with E-state index in [1.165, 1.54) is 0 Å². The predicted molar refractivity (Wildman–Crippen MR) is 97.7 cm³/mol. The SMILES string of the molecule is Cc1cc(-c2cc(C)c3c(c2)COP(Cl)O3)cc2c1OP(Cl)OC2. The summed E-state index contributed by atoms with van der Waals surface area (Å²) in [7, 11) is -2.69. The lowest BCUT2D eigenvalue weighted by Gasteiger charge is -2.24. The summed E-state index contributed by atoms with van der Waals surface area (Å²) in [5.41, 5.74) is 6.32. The zero-order valence-electron chi connectivity index (χ0n) is 13.0. The van der Waals surface area contributed by atoms with Gasteiger partial charge in [0.15, 0.2) is 0 Å². The van der Waals surface area contributed by atoms with Crippen molar-refractivity contribution in [2.24, 2.45) is 0 Å². The third kappa shape index (κ3) is 3.12. The second kappa shape index (κ2) is 6.61. The van der Waals surface area contributed by atoms with Crippen LogP contribution in [0.4, 0.5) is 0 Å². The summed E-state index contributed by atoms with van der Waals surface area (Å²) in [6.07, 6.45) is 0. The van der Waals surface area contributed by atoms with Crippen LogP contribution in [-0.2, 0) is 22.3 Å². The van der Waals surface area contributed by atoms with Crippen molar-refractivity contribution in [3.63, 3.8) is 0 Å². The third-order valence-corrected chi connectivity index (χ3v) is 6.32. The van der Waals surface area contributed by atoms with E-state index in [0.717, 1.165) is 44.9 Å². The lowest BCUT2D eigenvalue weighted by Crippen LogP contribution is -2.05. The number of halogens is 2. The Morgan fingerprint density at radius 2 is 1.17 bits per heavy atom. The topological polar surface area (TPSA) is 36.9 Å². The Hall–Kier alpha value is -0.600. The van der Waals surface area contributed by atoms with Gasteiger partial charge in [-0.05, 0) is 82.8 Å². The van der Waals surface area contributed by atoms with Crippen molar-refractivity contribution in [1.82, 2.24) is 0 Å². The average Bonchev–Trinajstić information content (AvgIpc) is 2.56. The van der Waals surface area contributed by atoms with Gasteiger partial charge in [-0.25, -0.2) is 0 Å². The Morgan fingerprint density at radius 1 is 0.750 bits per heavy atom. The van der Waals surface area contributed by atoms with Gasteiger partial charge in [0.25, 0.3) is 0 Å². The molecule has 0 spiro atoms. The van der Waals surface area contributed by atoms with Gasteiger partial charge in [-0.3, -0.25) is 0 Å². The molecule has 2 aromatic carbocycles. The van der Waals surface area contributed by atoms with Gasteiger partial charge in [-0.15, -0.1) is 0 Å². The maximum Gasteiger partial charge on any atom is 0.338 e. The van der Waals surface area contributed by atoms with E-state index in [1.54, 1.807) is 0 Å². The predicted octanol–water partition coefficient (Wildman–Crippen LogP) is 6.72. The monoisotopic (exact) mass is 402 g/mol. The molecule has 0 bridgehead atoms. The van der Waals surface area contributed by atoms with Gasteiger partial charge in [-0.1, -0.05) is 0 Å². The first-order valence-electron chi connectivity index (χ1n) is 7.32. The summed E-state index contributed by atoms with van der Waals surface area (Å²) in [6, 6.07) is 8.37. The first-order valence-corrected chi connectivity index (χ1v) is 11.5. The first kappa shape index (κ1) is 16.8. The van der Waals surface area contributed by atoms with E-state index < -0.39 is 15.5 Å². The minimum Gasteiger partial charge on any atom is -0.435 e. The number of benzene rings is 2. The fourth-order valence-corrected chi connectivity index (χ4v) is 5.04. The molecule has 0 amide bonds. The second-order valence-corrected chi connectivity index (χ2v) is 9.11. The van der Waals surface area contributed by atoms with Crippen molar-refractivity contribution in [2.75, 3.05) is 0 Å². The van der Waals surface area contributed by atoms with E-state index in [9.17, 15) is 0 Å². The van der Waals surface area contributed by atoms with E-state index in [4.69, 9.17) is 40.6 Å². The van der Waals surface area contributed by atoms with Crippen LogP contribution in [0.15, 0.2) is 24.3 Å². The van der Waals surface area contributed by atoms with Gasteiger partial charge >= 0.3 is 15.5 Å². The second-order valence-electron chi connectivity index (χ2n) is 5.72. The molecule has 0 fully saturated rings. The Labute approximate surface area is 152 Å². The molecular weight excluding hydrogens is 389 g/mol. The van der Waals surface area contributed by atoms with Gasteiger partial charge in [0, 0.05) is 11.1 Å². The molecule has 24 heavy (non-hydrogen) atoms. The normalized spacial score (nSPS) is 22.2. The quantitative estimate of drug-likeness (QED) is 0.496. The van der Waals surface area contributed by atoms with Crippen LogP contribution in [0, 0.1) is 13.8 Å². The fourth-order valence-electron chi connectivity index (χ4n) is 2.94. The van der Waals surface area contributed by atoms with Crippen LogP contribution in [0.3, 0.4) is 0 Å². The summed E-state index contributed by atoms with van der Waals surface area (Å²) in [6.45, 7) is 4.97. The van der Waals surface area contributed by atoms with Crippen molar-refractivity contribution in [1.29, 1.82) is 0 Å². The van der Waals surface area contributed by atoms with Crippen molar-refractivity contribution < 1.29 is 18.1 Å². The number of hydrogen-bond donors (Lipinski definition) is 0. The molecule has 0 radical (unpaired) electrons. The van der Waals surface area contributed by atoms with Crippen molar-refractivity contribution in [3.05, 3.63) is 46.5 Å². The first-order chi connectivity index (χ1) is 11.5. The van der Waals surface area contributed by atoms with Gasteiger partial charge in [0.05, 0.1) is 13.2 Å². The Morgan fingerprint density at radius 3 is 1.58 bits per heavy atom. The third-order valence-electron chi connectivity index (χ3n) is 4.01. The van der Waals surface area contributed by atoms with Crippen molar-refractivity contribution in [2.45, 2.75) is 27.1 Å². The molecule has 0 saturated heterocycles. The summed E-state index contributed by atoms with van der Waals surface area (Å²) in [5.74, 6) is 1.67. The zero-order chi connectivity index (χ0) is 16.8. The zero-order valence-corrected chi connectivity index (χ0v) is 16.3. The molecule has 0 aliphatic carbocycles. The van der Waals surface area contributed by atoms with Crippen molar-refractivity contribution in [3.8, 4) is 22.6 Å². The summed E-state index contributed by atoms with van der Waals surface area (Å²) in [5, 5.41) is 0. The molecule has 0 N–H and O–H groups in total. The van der Waals surface area contributed by atoms with Crippen LogP contribution in [0.1, 0.15) is 22.3 Å². The van der Waals surface area contributed by atoms with Crippen LogP contribution >= 0.6 is 37.9 Å². The number of hydrogen-bond acceptors (Lipinski definition) is 4. The molecule has 2 aliphatic heterocycles. The lowest BCUT2D eigenvalue weighted by molar-refractivity contribution is 0.287. The van der Waals surface area contributed by atoms with Crippen LogP contribution in [0.2, 0.25) is 0 Å². The molecule has 4 nitrogen and oxygen atoms in total. The van der Waals surface area contributed by atoms with Gasteiger partial charge in [0.2, 0.25) is 0 Å². The van der Waals surface area contributed by atoms with Gasteiger partial charge in [0.1, 0.15) is 11.5 Å². The Balaban J connectivity index is 1.77. The summed E-state index contributed by atoms with van der Waals surface area (Å²) >= 11 is 11.9. The molecule has 0 saturated carbocycles. The number of rotatable bonds is 1. The smallest absolute Gasteiger partial charge is 0.338 e. The number of aryl methyl sites for hydroxylation is 2. The largest absolute Gasteiger partial charge is 0.435 e. The molecule has 126 valence electrons. The lowest BCUT2D eigenvalue weighted by atomic mass is 9.96. The highest BCUT2D eigenvalue weighted by atomic mass is 35.7. The molecule has 2 unspecified atom stereocenters. The number of fused-ring (bicyclic) bond motifs is 2. The van der Waals surface area contributed by atoms with Crippen LogP contribution in [0.25, 0.3) is 11.1 Å². The van der Waals surface area contributed by atoms with E-state index >= 15 is 0 Å². The maximum atomic E-state index is 5.97. The highest BCUT2D eigenvalue weighted by molar-refractivity contribution is 7.76. The van der Waals surface area contributed by atoms with Crippen molar-refractivity contribution >= 4 is 37.9 Å².